The van der Waals surface area contributed by atoms with Gasteiger partial charge in [-0.05, 0) is 42.0 Å². The highest BCUT2D eigenvalue weighted by Gasteiger charge is 2.21. The third-order valence-electron chi connectivity index (χ3n) is 4.90. The first-order chi connectivity index (χ1) is 13.2. The first-order valence-electron chi connectivity index (χ1n) is 9.10. The summed E-state index contributed by atoms with van der Waals surface area (Å²) in [6.07, 6.45) is 5.98. The summed E-state index contributed by atoms with van der Waals surface area (Å²) in [6, 6.07) is 15.8. The molecule has 2 aromatic carbocycles. The third-order valence-corrected chi connectivity index (χ3v) is 5.43. The van der Waals surface area contributed by atoms with Gasteiger partial charge in [-0.3, -0.25) is 9.69 Å². The molecular weight excluding hydrogens is 404 g/mol. The van der Waals surface area contributed by atoms with E-state index in [0.29, 0.717) is 0 Å². The molecule has 0 unspecified atom stereocenters. The molecule has 0 spiro atoms. The molecule has 138 valence electrons. The van der Waals surface area contributed by atoms with Crippen LogP contribution in [-0.2, 0) is 0 Å². The van der Waals surface area contributed by atoms with E-state index in [1.54, 1.807) is 6.26 Å². The zero-order valence-electron chi connectivity index (χ0n) is 15.0. The van der Waals surface area contributed by atoms with E-state index in [1.807, 2.05) is 41.3 Å². The van der Waals surface area contributed by atoms with E-state index < -0.39 is 0 Å². The lowest BCUT2D eigenvalue weighted by atomic mass is 10.1. The summed E-state index contributed by atoms with van der Waals surface area (Å²) in [5.74, 6) is 0.100. The molecule has 4 nitrogen and oxygen atoms in total. The molecule has 0 N–H and O–H groups in total. The van der Waals surface area contributed by atoms with E-state index in [4.69, 9.17) is 4.42 Å². The van der Waals surface area contributed by atoms with Gasteiger partial charge < -0.3 is 9.32 Å². The molecule has 1 amide bonds. The van der Waals surface area contributed by atoms with Crippen LogP contribution in [0.4, 0.5) is 0 Å². The zero-order chi connectivity index (χ0) is 18.6. The molecule has 2 heterocycles. The van der Waals surface area contributed by atoms with Crippen molar-refractivity contribution in [1.82, 2.24) is 9.80 Å². The average molecular weight is 425 g/mol. The van der Waals surface area contributed by atoms with E-state index in [-0.39, 0.29) is 5.91 Å². The summed E-state index contributed by atoms with van der Waals surface area (Å²) < 4.78 is 6.44. The quantitative estimate of drug-likeness (QED) is 0.610. The Kier molecular flexibility index (Phi) is 5.41. The highest BCUT2D eigenvalue weighted by Crippen LogP contribution is 2.19. The monoisotopic (exact) mass is 424 g/mol. The van der Waals surface area contributed by atoms with Crippen LogP contribution < -0.4 is 0 Å². The van der Waals surface area contributed by atoms with Crippen molar-refractivity contribution in [2.24, 2.45) is 0 Å². The number of piperazine rings is 1. The van der Waals surface area contributed by atoms with Gasteiger partial charge in [0.05, 0.1) is 6.26 Å². The highest BCUT2D eigenvalue weighted by atomic mass is 79.9. The topological polar surface area (TPSA) is 36.7 Å². The van der Waals surface area contributed by atoms with Crippen LogP contribution in [0.25, 0.3) is 17.0 Å². The third kappa shape index (κ3) is 4.31. The molecule has 5 heteroatoms. The number of carbonyl (C=O) groups excluding carboxylic acids is 1. The smallest absolute Gasteiger partial charge is 0.253 e. The van der Waals surface area contributed by atoms with Gasteiger partial charge in [0.15, 0.2) is 0 Å². The second kappa shape index (κ2) is 8.11. The van der Waals surface area contributed by atoms with Gasteiger partial charge in [-0.25, -0.2) is 0 Å². The Balaban J connectivity index is 1.30. The number of fused-ring (bicyclic) bond motifs is 1. The Morgan fingerprint density at radius 2 is 1.81 bits per heavy atom. The van der Waals surface area contributed by atoms with Gasteiger partial charge in [0.2, 0.25) is 0 Å². The molecule has 0 saturated carbocycles. The second-order valence-electron chi connectivity index (χ2n) is 6.72. The minimum atomic E-state index is 0.100. The fourth-order valence-electron chi connectivity index (χ4n) is 3.33. The van der Waals surface area contributed by atoms with Crippen molar-refractivity contribution >= 4 is 38.9 Å². The van der Waals surface area contributed by atoms with Gasteiger partial charge >= 0.3 is 0 Å². The Hall–Kier alpha value is -2.37. The standard InChI is InChI=1S/C22H21BrN2O2/c23-20-6-3-17(4-7-20)2-1-10-24-11-13-25(14-12-24)22(26)19-5-8-21-18(16-19)9-15-27-21/h1-9,15-16H,10-14H2/b2-1+. The van der Waals surface area contributed by atoms with Crippen LogP contribution in [0, 0.1) is 0 Å². The predicted molar refractivity (Wildman–Crippen MR) is 112 cm³/mol. The summed E-state index contributed by atoms with van der Waals surface area (Å²) in [4.78, 5) is 17.1. The van der Waals surface area contributed by atoms with Crippen LogP contribution in [0.2, 0.25) is 0 Å². The van der Waals surface area contributed by atoms with E-state index >= 15 is 0 Å². The molecular formula is C22H21BrN2O2. The van der Waals surface area contributed by atoms with Crippen molar-refractivity contribution in [2.45, 2.75) is 0 Å². The van der Waals surface area contributed by atoms with Crippen molar-refractivity contribution < 1.29 is 9.21 Å². The molecule has 3 aromatic rings. The zero-order valence-corrected chi connectivity index (χ0v) is 16.6. The lowest BCUT2D eigenvalue weighted by molar-refractivity contribution is 0.0650. The fraction of sp³-hybridized carbons (Fsp3) is 0.227. The fourth-order valence-corrected chi connectivity index (χ4v) is 3.59. The van der Waals surface area contributed by atoms with E-state index in [9.17, 15) is 4.79 Å². The molecule has 1 saturated heterocycles. The number of carbonyl (C=O) groups is 1. The van der Waals surface area contributed by atoms with Gasteiger partial charge in [0.25, 0.3) is 5.91 Å². The van der Waals surface area contributed by atoms with Crippen molar-refractivity contribution in [1.29, 1.82) is 0 Å². The van der Waals surface area contributed by atoms with Crippen LogP contribution in [0.15, 0.2) is 69.8 Å². The molecule has 0 aliphatic carbocycles. The first kappa shape index (κ1) is 18.0. The summed E-state index contributed by atoms with van der Waals surface area (Å²) in [5, 5.41) is 0.970. The van der Waals surface area contributed by atoms with Crippen molar-refractivity contribution in [3.63, 3.8) is 0 Å². The van der Waals surface area contributed by atoms with Crippen LogP contribution >= 0.6 is 15.9 Å². The largest absolute Gasteiger partial charge is 0.464 e. The minimum Gasteiger partial charge on any atom is -0.464 e. The van der Waals surface area contributed by atoms with Crippen LogP contribution in [0.3, 0.4) is 0 Å². The number of hydrogen-bond acceptors (Lipinski definition) is 3. The molecule has 1 fully saturated rings. The lowest BCUT2D eigenvalue weighted by Gasteiger charge is -2.34. The summed E-state index contributed by atoms with van der Waals surface area (Å²) in [5.41, 5.74) is 2.74. The maximum absolute atomic E-state index is 12.8. The molecule has 1 aliphatic rings. The number of amides is 1. The van der Waals surface area contributed by atoms with Crippen LogP contribution in [0.5, 0.6) is 0 Å². The maximum atomic E-state index is 12.8. The van der Waals surface area contributed by atoms with Crippen molar-refractivity contribution in [3.8, 4) is 0 Å². The number of benzene rings is 2. The minimum absolute atomic E-state index is 0.100. The summed E-state index contributed by atoms with van der Waals surface area (Å²) in [7, 11) is 0. The molecule has 1 aromatic heterocycles. The number of rotatable bonds is 4. The summed E-state index contributed by atoms with van der Waals surface area (Å²) >= 11 is 3.45. The normalized spacial score (nSPS) is 15.7. The van der Waals surface area contributed by atoms with Crippen LogP contribution in [0.1, 0.15) is 15.9 Å². The molecule has 1 aliphatic heterocycles. The SMILES string of the molecule is O=C(c1ccc2occc2c1)N1CCN(C/C=C/c2ccc(Br)cc2)CC1. The van der Waals surface area contributed by atoms with Gasteiger partial charge in [-0.15, -0.1) is 0 Å². The molecule has 0 radical (unpaired) electrons. The maximum Gasteiger partial charge on any atom is 0.253 e. The Morgan fingerprint density at radius 3 is 2.59 bits per heavy atom. The number of halogens is 1. The summed E-state index contributed by atoms with van der Waals surface area (Å²) in [6.45, 7) is 4.20. The predicted octanol–water partition coefficient (Wildman–Crippen LogP) is 4.67. The van der Waals surface area contributed by atoms with Gasteiger partial charge in [0.1, 0.15) is 5.58 Å². The molecule has 4 rings (SSSR count). The lowest BCUT2D eigenvalue weighted by Crippen LogP contribution is -2.48. The molecule has 27 heavy (non-hydrogen) atoms. The average Bonchev–Trinajstić information content (AvgIpc) is 3.17. The number of furan rings is 1. The van der Waals surface area contributed by atoms with Gasteiger partial charge in [-0.1, -0.05) is 40.2 Å². The number of nitrogens with zero attached hydrogens (tertiary/aromatic N) is 2. The highest BCUT2D eigenvalue weighted by molar-refractivity contribution is 9.10. The van der Waals surface area contributed by atoms with Crippen molar-refractivity contribution in [2.75, 3.05) is 32.7 Å². The van der Waals surface area contributed by atoms with Crippen LogP contribution in [-0.4, -0.2) is 48.4 Å². The Bertz CT molecular complexity index is 954. The van der Waals surface area contributed by atoms with E-state index in [0.717, 1.165) is 53.7 Å². The van der Waals surface area contributed by atoms with E-state index in [2.05, 4.69) is 45.1 Å². The van der Waals surface area contributed by atoms with Gasteiger partial charge in [-0.2, -0.15) is 0 Å². The van der Waals surface area contributed by atoms with E-state index in [1.165, 1.54) is 5.56 Å². The molecule has 0 bridgehead atoms. The first-order valence-corrected chi connectivity index (χ1v) is 9.89. The number of hydrogen-bond donors (Lipinski definition) is 0. The van der Waals surface area contributed by atoms with Gasteiger partial charge in [0, 0.05) is 48.1 Å². The Morgan fingerprint density at radius 1 is 1.04 bits per heavy atom. The van der Waals surface area contributed by atoms with Crippen molar-refractivity contribution in [3.05, 3.63) is 76.5 Å². The molecule has 0 atom stereocenters. The Labute approximate surface area is 167 Å². The second-order valence-corrected chi connectivity index (χ2v) is 7.64.